The minimum Gasteiger partial charge on any atom is -0.393 e. The third-order valence-electron chi connectivity index (χ3n) is 5.95. The van der Waals surface area contributed by atoms with E-state index in [1.807, 2.05) is 30.0 Å². The van der Waals surface area contributed by atoms with E-state index >= 15 is 0 Å². The lowest BCUT2D eigenvalue weighted by molar-refractivity contribution is 0.0577. The predicted molar refractivity (Wildman–Crippen MR) is 123 cm³/mol. The van der Waals surface area contributed by atoms with Crippen molar-refractivity contribution in [2.45, 2.75) is 76.7 Å². The van der Waals surface area contributed by atoms with Gasteiger partial charge in [-0.2, -0.15) is 5.10 Å². The van der Waals surface area contributed by atoms with Crippen molar-refractivity contribution >= 4 is 11.5 Å². The summed E-state index contributed by atoms with van der Waals surface area (Å²) in [6, 6.07) is 2.26. The summed E-state index contributed by atoms with van der Waals surface area (Å²) in [7, 11) is 1.67. The molecule has 0 spiro atoms. The average molecular weight is 443 g/mol. The zero-order valence-corrected chi connectivity index (χ0v) is 19.3. The molecule has 0 saturated heterocycles. The average Bonchev–Trinajstić information content (AvgIpc) is 3.31. The zero-order valence-electron chi connectivity index (χ0n) is 19.3. The first-order chi connectivity index (χ1) is 15.2. The van der Waals surface area contributed by atoms with Crippen LogP contribution in [0.15, 0.2) is 24.7 Å². The van der Waals surface area contributed by atoms with E-state index in [0.717, 1.165) is 48.0 Å². The van der Waals surface area contributed by atoms with Crippen LogP contribution in [0.1, 0.15) is 58.1 Å². The van der Waals surface area contributed by atoms with E-state index in [1.54, 1.807) is 25.6 Å². The van der Waals surface area contributed by atoms with E-state index in [-0.39, 0.29) is 12.1 Å². The molecule has 1 saturated carbocycles. The van der Waals surface area contributed by atoms with Gasteiger partial charge in [-0.3, -0.25) is 4.68 Å². The third-order valence-corrected chi connectivity index (χ3v) is 5.95. The lowest BCUT2D eigenvalue weighted by atomic mass is 9.85. The van der Waals surface area contributed by atoms with Crippen LogP contribution in [0.4, 0.5) is 5.95 Å². The van der Waals surface area contributed by atoms with Gasteiger partial charge in [0.2, 0.25) is 5.95 Å². The summed E-state index contributed by atoms with van der Waals surface area (Å²) in [4.78, 5) is 4.55. The topological polar surface area (TPSA) is 110 Å². The van der Waals surface area contributed by atoms with Crippen LogP contribution in [0.25, 0.3) is 16.6 Å². The molecule has 174 valence electrons. The smallest absolute Gasteiger partial charge is 0.241 e. The molecular formula is C23H34N6O3. The van der Waals surface area contributed by atoms with Crippen molar-refractivity contribution in [2.24, 2.45) is 0 Å². The van der Waals surface area contributed by atoms with Gasteiger partial charge in [0.1, 0.15) is 0 Å². The molecule has 0 aromatic carbocycles. The first-order valence-electron chi connectivity index (χ1n) is 11.3. The molecule has 3 aromatic heterocycles. The highest BCUT2D eigenvalue weighted by molar-refractivity contribution is 5.81. The van der Waals surface area contributed by atoms with Crippen molar-refractivity contribution in [3.8, 4) is 11.1 Å². The van der Waals surface area contributed by atoms with Crippen molar-refractivity contribution < 1.29 is 14.9 Å². The molecule has 0 unspecified atom stereocenters. The fourth-order valence-electron chi connectivity index (χ4n) is 4.47. The van der Waals surface area contributed by atoms with Gasteiger partial charge in [0.05, 0.1) is 42.8 Å². The van der Waals surface area contributed by atoms with Crippen molar-refractivity contribution in [1.29, 1.82) is 0 Å². The van der Waals surface area contributed by atoms with E-state index in [1.165, 1.54) is 0 Å². The molecule has 32 heavy (non-hydrogen) atoms. The van der Waals surface area contributed by atoms with Gasteiger partial charge in [0, 0.05) is 42.1 Å². The monoisotopic (exact) mass is 442 g/mol. The summed E-state index contributed by atoms with van der Waals surface area (Å²) in [5.41, 5.74) is 3.18. The lowest BCUT2D eigenvalue weighted by Crippen LogP contribution is -2.26. The lowest BCUT2D eigenvalue weighted by Gasteiger charge is -2.25. The molecule has 0 bridgehead atoms. The molecule has 9 nitrogen and oxygen atoms in total. The van der Waals surface area contributed by atoms with Crippen LogP contribution in [0.2, 0.25) is 0 Å². The van der Waals surface area contributed by atoms with Gasteiger partial charge in [-0.05, 0) is 52.5 Å². The molecule has 1 atom stereocenters. The second-order valence-corrected chi connectivity index (χ2v) is 9.61. The number of methoxy groups -OCH3 is 1. The Bertz CT molecular complexity index is 1050. The maximum absolute atomic E-state index is 10.1. The molecule has 0 radical (unpaired) electrons. The van der Waals surface area contributed by atoms with Crippen LogP contribution in [0, 0.1) is 0 Å². The summed E-state index contributed by atoms with van der Waals surface area (Å²) in [6.07, 6.45) is 8.87. The number of anilines is 1. The van der Waals surface area contributed by atoms with Crippen LogP contribution in [-0.4, -0.2) is 66.1 Å². The number of nitrogens with zero attached hydrogens (tertiary/aromatic N) is 5. The normalized spacial score (nSPS) is 20.6. The van der Waals surface area contributed by atoms with E-state index < -0.39 is 5.60 Å². The number of hydrogen-bond acceptors (Lipinski definition) is 7. The number of rotatable bonds is 8. The second-order valence-electron chi connectivity index (χ2n) is 9.61. The fourth-order valence-corrected chi connectivity index (χ4v) is 4.47. The molecule has 1 fully saturated rings. The SMILES string of the molecule is COC[C@H](C)Nc1ncc2c(-c3cnn(CC(C)(C)O)c3)cc([C@H]3CC[C@H](O)CC3)n2n1. The minimum absolute atomic E-state index is 0.0841. The molecule has 3 aromatic rings. The van der Waals surface area contributed by atoms with Gasteiger partial charge >= 0.3 is 0 Å². The number of aliphatic hydroxyl groups is 2. The van der Waals surface area contributed by atoms with Gasteiger partial charge in [-0.1, -0.05) is 0 Å². The molecule has 3 heterocycles. The highest BCUT2D eigenvalue weighted by atomic mass is 16.5. The third kappa shape index (κ3) is 5.11. The van der Waals surface area contributed by atoms with Gasteiger partial charge in [0.25, 0.3) is 0 Å². The molecule has 3 N–H and O–H groups in total. The first-order valence-corrected chi connectivity index (χ1v) is 11.3. The summed E-state index contributed by atoms with van der Waals surface area (Å²) in [5.74, 6) is 0.879. The Kier molecular flexibility index (Phi) is 6.50. The van der Waals surface area contributed by atoms with Crippen molar-refractivity contribution in [2.75, 3.05) is 19.0 Å². The highest BCUT2D eigenvalue weighted by Crippen LogP contribution is 2.37. The zero-order chi connectivity index (χ0) is 22.9. The first kappa shape index (κ1) is 22.7. The van der Waals surface area contributed by atoms with Crippen LogP contribution in [0.3, 0.4) is 0 Å². The predicted octanol–water partition coefficient (Wildman–Crippen LogP) is 2.83. The van der Waals surface area contributed by atoms with Gasteiger partial charge < -0.3 is 20.3 Å². The standard InChI is InChI=1S/C23H34N6O3/c1-15(13-32-4)26-22-24-11-21-19(17-10-25-28(12-17)14-23(2,3)31)9-20(29(21)27-22)16-5-7-18(30)8-6-16/h9-12,15-16,18,30-31H,5-8,13-14H2,1-4H3,(H,26,27)/t15-,16-,18-/m0/s1. The van der Waals surface area contributed by atoms with E-state index in [2.05, 4.69) is 21.5 Å². The van der Waals surface area contributed by atoms with Crippen molar-refractivity contribution in [3.05, 3.63) is 30.4 Å². The fraction of sp³-hybridized carbons (Fsp3) is 0.609. The Balaban J connectivity index is 1.73. The van der Waals surface area contributed by atoms with E-state index in [9.17, 15) is 10.2 Å². The Morgan fingerprint density at radius 3 is 2.69 bits per heavy atom. The molecule has 1 aliphatic carbocycles. The Hall–Kier alpha value is -2.49. The molecule has 0 aliphatic heterocycles. The van der Waals surface area contributed by atoms with Gasteiger partial charge in [-0.25, -0.2) is 9.50 Å². The summed E-state index contributed by atoms with van der Waals surface area (Å²) < 4.78 is 8.96. The molecule has 9 heteroatoms. The maximum Gasteiger partial charge on any atom is 0.241 e. The Morgan fingerprint density at radius 2 is 2.00 bits per heavy atom. The van der Waals surface area contributed by atoms with Gasteiger partial charge in [0.15, 0.2) is 0 Å². The number of aromatic nitrogens is 5. The van der Waals surface area contributed by atoms with Gasteiger partial charge in [-0.15, -0.1) is 5.10 Å². The second kappa shape index (κ2) is 9.17. The summed E-state index contributed by atoms with van der Waals surface area (Å²) in [5, 5.41) is 32.7. The number of ether oxygens (including phenoxy) is 1. The molecule has 1 aliphatic rings. The molecule has 0 amide bonds. The number of aliphatic hydroxyl groups excluding tert-OH is 1. The Morgan fingerprint density at radius 1 is 1.25 bits per heavy atom. The van der Waals surface area contributed by atoms with E-state index in [0.29, 0.717) is 25.0 Å². The molecule has 4 rings (SSSR count). The van der Waals surface area contributed by atoms with Crippen molar-refractivity contribution in [1.82, 2.24) is 24.4 Å². The number of hydrogen-bond donors (Lipinski definition) is 3. The summed E-state index contributed by atoms with van der Waals surface area (Å²) in [6.45, 7) is 6.54. The van der Waals surface area contributed by atoms with Crippen molar-refractivity contribution in [3.63, 3.8) is 0 Å². The number of fused-ring (bicyclic) bond motifs is 1. The summed E-state index contributed by atoms with van der Waals surface area (Å²) >= 11 is 0. The largest absolute Gasteiger partial charge is 0.393 e. The van der Waals surface area contributed by atoms with Crippen LogP contribution >= 0.6 is 0 Å². The highest BCUT2D eigenvalue weighted by Gasteiger charge is 2.26. The van der Waals surface area contributed by atoms with Crippen LogP contribution < -0.4 is 5.32 Å². The van der Waals surface area contributed by atoms with E-state index in [4.69, 9.17) is 9.84 Å². The van der Waals surface area contributed by atoms with Crippen LogP contribution in [0.5, 0.6) is 0 Å². The minimum atomic E-state index is -0.844. The Labute approximate surface area is 188 Å². The van der Waals surface area contributed by atoms with Crippen LogP contribution in [-0.2, 0) is 11.3 Å². The molecular weight excluding hydrogens is 408 g/mol. The number of nitrogens with one attached hydrogen (secondary N) is 1. The maximum atomic E-state index is 10.1. The quantitative estimate of drug-likeness (QED) is 0.492.